The Labute approximate surface area is 141 Å². The average molecular weight is 327 g/mol. The number of hydrogen-bond donors (Lipinski definition) is 1. The van der Waals surface area contributed by atoms with Crippen molar-refractivity contribution in [3.8, 4) is 11.5 Å². The number of hydrogen-bond acceptors (Lipinski definition) is 4. The molecular formula is C19H21NO4. The molecule has 5 heteroatoms. The molecule has 5 nitrogen and oxygen atoms in total. The van der Waals surface area contributed by atoms with Gasteiger partial charge in [0.25, 0.3) is 5.91 Å². The maximum absolute atomic E-state index is 11.9. The lowest BCUT2D eigenvalue weighted by atomic mass is 10.1. The first kappa shape index (κ1) is 17.5. The summed E-state index contributed by atoms with van der Waals surface area (Å²) in [6.07, 6.45) is 1.57. The number of Topliss-reactive ketones (excluding diaryl/α,β-unsaturated/α-hetero) is 1. The quantitative estimate of drug-likeness (QED) is 0.756. The number of benzene rings is 2. The smallest absolute Gasteiger partial charge is 0.291 e. The molecule has 24 heavy (non-hydrogen) atoms. The van der Waals surface area contributed by atoms with Gasteiger partial charge in [0.2, 0.25) is 5.78 Å². The van der Waals surface area contributed by atoms with E-state index < -0.39 is 11.7 Å². The fourth-order valence-corrected chi connectivity index (χ4v) is 2.26. The van der Waals surface area contributed by atoms with Crippen LogP contribution in [0.5, 0.6) is 11.5 Å². The molecule has 0 fully saturated rings. The second-order valence-corrected chi connectivity index (χ2v) is 5.31. The summed E-state index contributed by atoms with van der Waals surface area (Å²) in [5.74, 6) is 0.400. The highest BCUT2D eigenvalue weighted by atomic mass is 16.5. The molecule has 0 saturated heterocycles. The molecule has 0 aliphatic carbocycles. The van der Waals surface area contributed by atoms with Crippen LogP contribution in [-0.2, 0) is 16.0 Å². The molecule has 0 unspecified atom stereocenters. The van der Waals surface area contributed by atoms with Gasteiger partial charge in [-0.1, -0.05) is 18.2 Å². The van der Waals surface area contributed by atoms with Gasteiger partial charge < -0.3 is 14.8 Å². The van der Waals surface area contributed by atoms with Gasteiger partial charge in [0.15, 0.2) is 0 Å². The first-order valence-electron chi connectivity index (χ1n) is 7.73. The molecule has 0 bridgehead atoms. The summed E-state index contributed by atoms with van der Waals surface area (Å²) >= 11 is 0. The van der Waals surface area contributed by atoms with Crippen molar-refractivity contribution in [1.29, 1.82) is 0 Å². The lowest BCUT2D eigenvalue weighted by Gasteiger charge is -2.06. The molecule has 0 spiro atoms. The standard InChI is InChI=1S/C19H21NO4/c1-23-16-11-9-14(10-12-16)5-3-8-18(21)19(22)20-15-6-4-7-17(13-15)24-2/h4,6-7,9-13H,3,5,8H2,1-2H3,(H,20,22). The van der Waals surface area contributed by atoms with Crippen molar-refractivity contribution < 1.29 is 19.1 Å². The van der Waals surface area contributed by atoms with E-state index in [1.54, 1.807) is 38.5 Å². The van der Waals surface area contributed by atoms with Gasteiger partial charge in [0.05, 0.1) is 14.2 Å². The summed E-state index contributed by atoms with van der Waals surface area (Å²) in [4.78, 5) is 23.8. The predicted octanol–water partition coefficient (Wildman–Crippen LogP) is 3.23. The van der Waals surface area contributed by atoms with Crippen LogP contribution in [0.1, 0.15) is 18.4 Å². The molecule has 2 aromatic carbocycles. The van der Waals surface area contributed by atoms with E-state index in [1.807, 2.05) is 24.3 Å². The summed E-state index contributed by atoms with van der Waals surface area (Å²) in [5, 5.41) is 2.60. The van der Waals surface area contributed by atoms with Crippen LogP contribution in [0.3, 0.4) is 0 Å². The Balaban J connectivity index is 1.79. The van der Waals surface area contributed by atoms with E-state index in [0.29, 0.717) is 17.9 Å². The summed E-state index contributed by atoms with van der Waals surface area (Å²) < 4.78 is 10.2. The zero-order valence-corrected chi connectivity index (χ0v) is 13.9. The number of ketones is 1. The normalized spacial score (nSPS) is 10.1. The minimum absolute atomic E-state index is 0.210. The number of nitrogens with one attached hydrogen (secondary N) is 1. The number of rotatable bonds is 8. The third-order valence-corrected chi connectivity index (χ3v) is 3.61. The number of carbonyl (C=O) groups is 2. The predicted molar refractivity (Wildman–Crippen MR) is 92.6 cm³/mol. The Bertz CT molecular complexity index is 695. The van der Waals surface area contributed by atoms with Gasteiger partial charge in [-0.3, -0.25) is 9.59 Å². The average Bonchev–Trinajstić information content (AvgIpc) is 2.62. The number of anilines is 1. The molecule has 0 saturated carbocycles. The monoisotopic (exact) mass is 327 g/mol. The van der Waals surface area contributed by atoms with Crippen molar-refractivity contribution in [2.24, 2.45) is 0 Å². The lowest BCUT2D eigenvalue weighted by Crippen LogP contribution is -2.22. The van der Waals surface area contributed by atoms with Gasteiger partial charge in [-0.05, 0) is 42.7 Å². The van der Waals surface area contributed by atoms with Crippen LogP contribution in [0.25, 0.3) is 0 Å². The van der Waals surface area contributed by atoms with Crippen molar-refractivity contribution in [2.75, 3.05) is 19.5 Å². The van der Waals surface area contributed by atoms with Crippen LogP contribution < -0.4 is 14.8 Å². The topological polar surface area (TPSA) is 64.6 Å². The summed E-state index contributed by atoms with van der Waals surface area (Å²) in [6.45, 7) is 0. The van der Waals surface area contributed by atoms with Gasteiger partial charge in [-0.15, -0.1) is 0 Å². The minimum Gasteiger partial charge on any atom is -0.497 e. The number of methoxy groups -OCH3 is 2. The third-order valence-electron chi connectivity index (χ3n) is 3.61. The minimum atomic E-state index is -0.599. The van der Waals surface area contributed by atoms with Crippen LogP contribution in [-0.4, -0.2) is 25.9 Å². The van der Waals surface area contributed by atoms with Gasteiger partial charge in [-0.2, -0.15) is 0 Å². The molecule has 0 aliphatic heterocycles. The second kappa shape index (κ2) is 8.72. The zero-order valence-electron chi connectivity index (χ0n) is 13.9. The highest BCUT2D eigenvalue weighted by Gasteiger charge is 2.13. The van der Waals surface area contributed by atoms with Crippen molar-refractivity contribution >= 4 is 17.4 Å². The molecule has 0 aromatic heterocycles. The molecule has 126 valence electrons. The van der Waals surface area contributed by atoms with Crippen LogP contribution >= 0.6 is 0 Å². The first-order valence-corrected chi connectivity index (χ1v) is 7.73. The summed E-state index contributed by atoms with van der Waals surface area (Å²) in [7, 11) is 3.17. The van der Waals surface area contributed by atoms with Gasteiger partial charge in [-0.25, -0.2) is 0 Å². The van der Waals surface area contributed by atoms with Crippen LogP contribution in [0.4, 0.5) is 5.69 Å². The van der Waals surface area contributed by atoms with Crippen LogP contribution in [0.2, 0.25) is 0 Å². The van der Waals surface area contributed by atoms with Crippen LogP contribution in [0, 0.1) is 0 Å². The van der Waals surface area contributed by atoms with E-state index in [1.165, 1.54) is 0 Å². The Hall–Kier alpha value is -2.82. The Morgan fingerprint density at radius 3 is 2.33 bits per heavy atom. The number of carbonyl (C=O) groups excluding carboxylic acids is 2. The Morgan fingerprint density at radius 2 is 1.67 bits per heavy atom. The fraction of sp³-hybridized carbons (Fsp3) is 0.263. The van der Waals surface area contributed by atoms with E-state index in [9.17, 15) is 9.59 Å². The number of amides is 1. The van der Waals surface area contributed by atoms with E-state index >= 15 is 0 Å². The SMILES string of the molecule is COc1ccc(CCCC(=O)C(=O)Nc2cccc(OC)c2)cc1. The van der Waals surface area contributed by atoms with E-state index in [0.717, 1.165) is 17.7 Å². The largest absolute Gasteiger partial charge is 0.497 e. The van der Waals surface area contributed by atoms with E-state index in [2.05, 4.69) is 5.32 Å². The third kappa shape index (κ3) is 5.12. The molecule has 0 aliphatic rings. The first-order chi connectivity index (χ1) is 11.6. The van der Waals surface area contributed by atoms with E-state index in [-0.39, 0.29) is 6.42 Å². The highest BCUT2D eigenvalue weighted by molar-refractivity contribution is 6.40. The molecule has 1 N–H and O–H groups in total. The molecule has 0 atom stereocenters. The molecule has 2 rings (SSSR count). The fourth-order valence-electron chi connectivity index (χ4n) is 2.26. The van der Waals surface area contributed by atoms with Gasteiger partial charge >= 0.3 is 0 Å². The van der Waals surface area contributed by atoms with Crippen LogP contribution in [0.15, 0.2) is 48.5 Å². The maximum atomic E-state index is 11.9. The van der Waals surface area contributed by atoms with Crippen molar-refractivity contribution in [1.82, 2.24) is 0 Å². The molecular weight excluding hydrogens is 306 g/mol. The summed E-state index contributed by atoms with van der Waals surface area (Å²) in [5.41, 5.74) is 1.65. The molecule has 2 aromatic rings. The maximum Gasteiger partial charge on any atom is 0.291 e. The second-order valence-electron chi connectivity index (χ2n) is 5.31. The number of ether oxygens (including phenoxy) is 2. The molecule has 0 heterocycles. The lowest BCUT2D eigenvalue weighted by molar-refractivity contribution is -0.134. The molecule has 0 radical (unpaired) electrons. The highest BCUT2D eigenvalue weighted by Crippen LogP contribution is 2.17. The van der Waals surface area contributed by atoms with Gasteiger partial charge in [0.1, 0.15) is 11.5 Å². The van der Waals surface area contributed by atoms with Crippen molar-refractivity contribution in [3.63, 3.8) is 0 Å². The van der Waals surface area contributed by atoms with Crippen molar-refractivity contribution in [2.45, 2.75) is 19.3 Å². The van der Waals surface area contributed by atoms with Gasteiger partial charge in [0, 0.05) is 18.2 Å². The van der Waals surface area contributed by atoms with E-state index in [4.69, 9.17) is 9.47 Å². The zero-order chi connectivity index (χ0) is 17.4. The number of aryl methyl sites for hydroxylation is 1. The molecule has 1 amide bonds. The Kier molecular flexibility index (Phi) is 6.37. The van der Waals surface area contributed by atoms with Crippen molar-refractivity contribution in [3.05, 3.63) is 54.1 Å². The summed E-state index contributed by atoms with van der Waals surface area (Å²) in [6, 6.07) is 14.6. The Morgan fingerprint density at radius 1 is 0.958 bits per heavy atom.